The molecule has 2 saturated carbocycles. The van der Waals surface area contributed by atoms with E-state index in [2.05, 4.69) is 0 Å². The number of hydrogen-bond donors (Lipinski definition) is 0. The summed E-state index contributed by atoms with van der Waals surface area (Å²) in [4.78, 5) is -1.63. The van der Waals surface area contributed by atoms with Crippen molar-refractivity contribution in [1.82, 2.24) is 0 Å². The monoisotopic (exact) mass is 410 g/mol. The van der Waals surface area contributed by atoms with Gasteiger partial charge in [0.2, 0.25) is 0 Å². The van der Waals surface area contributed by atoms with E-state index in [0.29, 0.717) is 0 Å². The molecule has 0 nitrogen and oxygen atoms in total. The van der Waals surface area contributed by atoms with Crippen LogP contribution in [0.4, 0.5) is 0 Å². The fourth-order valence-corrected chi connectivity index (χ4v) is 8.21. The maximum absolute atomic E-state index is 6.44. The van der Waals surface area contributed by atoms with E-state index in [9.17, 15) is 0 Å². The molecule has 0 heterocycles. The lowest BCUT2D eigenvalue weighted by molar-refractivity contribution is 0.143. The van der Waals surface area contributed by atoms with Gasteiger partial charge < -0.3 is 0 Å². The maximum atomic E-state index is 6.44. The van der Waals surface area contributed by atoms with E-state index in [1.165, 1.54) is 0 Å². The van der Waals surface area contributed by atoms with E-state index in [4.69, 9.17) is 92.8 Å². The third-order valence-corrected chi connectivity index (χ3v) is 8.80. The minimum Gasteiger partial charge on any atom is -0.121 e. The number of halogens is 8. The van der Waals surface area contributed by atoms with Gasteiger partial charge in [0.15, 0.2) is 0 Å². The van der Waals surface area contributed by atoms with Crippen LogP contribution < -0.4 is 0 Å². The van der Waals surface area contributed by atoms with Crippen molar-refractivity contribution in [2.75, 3.05) is 0 Å². The molecule has 2 rings (SSSR count). The SMILES string of the molecule is CC1(C(Cl)Cl)C2[C@@H](Cl)[C@H](Cl)C1(C(Cl)Cl)[C@@H](Cl)[C@@H]2Cl. The molecule has 0 N–H and O–H groups in total. The lowest BCUT2D eigenvalue weighted by Gasteiger charge is -2.46. The summed E-state index contributed by atoms with van der Waals surface area (Å²) >= 11 is 50.3. The highest BCUT2D eigenvalue weighted by molar-refractivity contribution is 6.49. The second-order valence-electron chi connectivity index (χ2n) is 5.04. The molecule has 0 amide bonds. The van der Waals surface area contributed by atoms with Crippen LogP contribution in [0, 0.1) is 16.7 Å². The highest BCUT2D eigenvalue weighted by Crippen LogP contribution is 2.75. The molecular formula is C10H10Cl8. The van der Waals surface area contributed by atoms with Gasteiger partial charge in [0.05, 0.1) is 21.5 Å². The summed E-state index contributed by atoms with van der Waals surface area (Å²) in [5.74, 6) is -0.245. The van der Waals surface area contributed by atoms with Gasteiger partial charge in [-0.05, 0) is 0 Å². The number of fused-ring (bicyclic) bond motifs is 2. The summed E-state index contributed by atoms with van der Waals surface area (Å²) in [5.41, 5.74) is -1.65. The van der Waals surface area contributed by atoms with Crippen molar-refractivity contribution in [3.63, 3.8) is 0 Å². The van der Waals surface area contributed by atoms with Crippen molar-refractivity contribution in [2.24, 2.45) is 16.7 Å². The first-order valence-corrected chi connectivity index (χ1v) is 8.76. The third-order valence-electron chi connectivity index (χ3n) is 4.60. The largest absolute Gasteiger partial charge is 0.121 e. The quantitative estimate of drug-likeness (QED) is 0.512. The molecule has 0 aromatic carbocycles. The van der Waals surface area contributed by atoms with Gasteiger partial charge in [-0.1, -0.05) is 6.92 Å². The molecule has 2 bridgehead atoms. The van der Waals surface area contributed by atoms with Crippen molar-refractivity contribution >= 4 is 92.8 Å². The molecule has 1 unspecified atom stereocenters. The van der Waals surface area contributed by atoms with E-state index >= 15 is 0 Å². The molecule has 0 aliphatic heterocycles. The Hall–Kier alpha value is 2.32. The molecule has 5 atom stereocenters. The van der Waals surface area contributed by atoms with Crippen molar-refractivity contribution in [3.05, 3.63) is 0 Å². The Morgan fingerprint density at radius 1 is 0.778 bits per heavy atom. The molecule has 106 valence electrons. The minimum absolute atomic E-state index is 0.245. The molecule has 2 aliphatic carbocycles. The lowest BCUT2D eigenvalue weighted by Crippen LogP contribution is -2.53. The van der Waals surface area contributed by atoms with Gasteiger partial charge in [-0.25, -0.2) is 0 Å². The van der Waals surface area contributed by atoms with Crippen molar-refractivity contribution < 1.29 is 0 Å². The molecule has 2 fully saturated rings. The summed E-state index contributed by atoms with van der Waals surface area (Å²) in [6, 6.07) is 0. The average molecular weight is 414 g/mol. The lowest BCUT2D eigenvalue weighted by atomic mass is 9.70. The molecule has 8 heteroatoms. The Kier molecular flexibility index (Phi) is 4.82. The molecule has 0 spiro atoms. The van der Waals surface area contributed by atoms with Crippen LogP contribution >= 0.6 is 92.8 Å². The fraction of sp³-hybridized carbons (Fsp3) is 1.00. The second-order valence-corrected chi connectivity index (χ2v) is 9.18. The predicted molar refractivity (Wildman–Crippen MR) is 83.6 cm³/mol. The standard InChI is InChI=1S/C10H10Cl8/c1-9(7(15)16)2-3(11)5(13)10(9,8(17)18)6(14)4(2)12/h2-8H,1H3/t2?,3-,4-,5+,6+,9?,10?/m1/s1. The zero-order valence-corrected chi connectivity index (χ0v) is 15.1. The van der Waals surface area contributed by atoms with Gasteiger partial charge in [-0.3, -0.25) is 0 Å². The van der Waals surface area contributed by atoms with Gasteiger partial charge in [-0.15, -0.1) is 92.8 Å². The van der Waals surface area contributed by atoms with E-state index in [-0.39, 0.29) is 5.92 Å². The third kappa shape index (κ3) is 1.67. The van der Waals surface area contributed by atoms with E-state index in [1.54, 1.807) is 0 Å². The van der Waals surface area contributed by atoms with Crippen molar-refractivity contribution in [2.45, 2.75) is 38.1 Å². The van der Waals surface area contributed by atoms with Crippen molar-refractivity contribution in [3.8, 4) is 0 Å². The van der Waals surface area contributed by atoms with Gasteiger partial charge in [0, 0.05) is 16.7 Å². The summed E-state index contributed by atoms with van der Waals surface area (Å²) in [6.45, 7) is 1.86. The van der Waals surface area contributed by atoms with Gasteiger partial charge in [-0.2, -0.15) is 0 Å². The summed E-state index contributed by atoms with van der Waals surface area (Å²) < 4.78 is 0. The Morgan fingerprint density at radius 2 is 1.17 bits per heavy atom. The van der Waals surface area contributed by atoms with Gasteiger partial charge >= 0.3 is 0 Å². The van der Waals surface area contributed by atoms with Crippen LogP contribution in [0.1, 0.15) is 6.92 Å². The van der Waals surface area contributed by atoms with Crippen molar-refractivity contribution in [1.29, 1.82) is 0 Å². The Bertz CT molecular complexity index is 329. The molecule has 0 radical (unpaired) electrons. The summed E-state index contributed by atoms with van der Waals surface area (Å²) in [5, 5.41) is -1.92. The maximum Gasteiger partial charge on any atom is 0.117 e. The van der Waals surface area contributed by atoms with Crippen LogP contribution in [0.15, 0.2) is 0 Å². The van der Waals surface area contributed by atoms with Crippen LogP contribution in [0.5, 0.6) is 0 Å². The first-order valence-electron chi connectivity index (χ1n) is 5.27. The van der Waals surface area contributed by atoms with E-state index in [0.717, 1.165) is 0 Å². The zero-order chi connectivity index (χ0) is 14.0. The Morgan fingerprint density at radius 3 is 1.39 bits per heavy atom. The Balaban J connectivity index is 2.67. The van der Waals surface area contributed by atoms with Crippen LogP contribution in [0.25, 0.3) is 0 Å². The number of hydrogen-bond acceptors (Lipinski definition) is 0. The average Bonchev–Trinajstić information content (AvgIpc) is 2.55. The first kappa shape index (κ1) is 16.7. The van der Waals surface area contributed by atoms with Crippen LogP contribution in [0.3, 0.4) is 0 Å². The zero-order valence-electron chi connectivity index (χ0n) is 9.07. The van der Waals surface area contributed by atoms with Gasteiger partial charge in [0.25, 0.3) is 0 Å². The summed E-state index contributed by atoms with van der Waals surface area (Å²) in [6.07, 6.45) is 0. The summed E-state index contributed by atoms with van der Waals surface area (Å²) in [7, 11) is 0. The molecule has 0 saturated heterocycles. The number of alkyl halides is 8. The minimum atomic E-state index is -0.920. The molecular weight excluding hydrogens is 404 g/mol. The predicted octanol–water partition coefficient (Wildman–Crippen LogP) is 5.66. The van der Waals surface area contributed by atoms with E-state index < -0.39 is 42.0 Å². The van der Waals surface area contributed by atoms with E-state index in [1.807, 2.05) is 6.92 Å². The highest BCUT2D eigenvalue weighted by atomic mass is 35.5. The smallest absolute Gasteiger partial charge is 0.117 e. The second kappa shape index (κ2) is 5.20. The molecule has 18 heavy (non-hydrogen) atoms. The number of rotatable bonds is 2. The Labute approximate surface area is 146 Å². The normalized spacial score (nSPS) is 55.8. The topological polar surface area (TPSA) is 0 Å². The molecule has 2 aliphatic rings. The first-order chi connectivity index (χ1) is 8.15. The molecule has 0 aromatic heterocycles. The fourth-order valence-electron chi connectivity index (χ4n) is 3.57. The van der Waals surface area contributed by atoms with Gasteiger partial charge in [0.1, 0.15) is 9.67 Å². The van der Waals surface area contributed by atoms with Crippen LogP contribution in [-0.2, 0) is 0 Å². The molecule has 0 aromatic rings. The van der Waals surface area contributed by atoms with Crippen LogP contribution in [0.2, 0.25) is 0 Å². The van der Waals surface area contributed by atoms with Crippen LogP contribution in [-0.4, -0.2) is 31.2 Å². The highest BCUT2D eigenvalue weighted by Gasteiger charge is 2.80.